The largest absolute Gasteiger partial charge is 0.465 e. The smallest absolute Gasteiger partial charge is 0.350 e. The lowest BCUT2D eigenvalue weighted by Gasteiger charge is -2.00. The first-order chi connectivity index (χ1) is 8.81. The van der Waals surface area contributed by atoms with Gasteiger partial charge in [-0.1, -0.05) is 6.07 Å². The number of hydrogen-bond donors (Lipinski definition) is 1. The van der Waals surface area contributed by atoms with E-state index in [9.17, 15) is 4.79 Å². The number of aromatic nitrogens is 1. The number of nitrogens with one attached hydrogen (secondary N) is 1. The molecule has 5 nitrogen and oxygen atoms in total. The maximum absolute atomic E-state index is 11.4. The average molecular weight is 261 g/mol. The minimum atomic E-state index is -0.371. The lowest BCUT2D eigenvalue weighted by Crippen LogP contribution is -2.01. The Morgan fingerprint density at radius 3 is 3.17 bits per heavy atom. The molecule has 0 bridgehead atoms. The van der Waals surface area contributed by atoms with Crippen LogP contribution < -0.4 is 5.43 Å². The monoisotopic (exact) mass is 261 g/mol. The van der Waals surface area contributed by atoms with Crippen molar-refractivity contribution in [2.45, 2.75) is 0 Å². The van der Waals surface area contributed by atoms with E-state index in [1.807, 2.05) is 12.1 Å². The number of carbonyl (C=O) groups is 1. The van der Waals surface area contributed by atoms with Crippen LogP contribution in [0.25, 0.3) is 0 Å². The van der Waals surface area contributed by atoms with Crippen molar-refractivity contribution in [3.8, 4) is 0 Å². The van der Waals surface area contributed by atoms with Gasteiger partial charge in [-0.2, -0.15) is 5.10 Å². The van der Waals surface area contributed by atoms with Crippen LogP contribution in [0.5, 0.6) is 0 Å². The summed E-state index contributed by atoms with van der Waals surface area (Å²) in [5.74, 6) is -0.371. The molecule has 18 heavy (non-hydrogen) atoms. The summed E-state index contributed by atoms with van der Waals surface area (Å²) in [6.07, 6.45) is 5.02. The summed E-state index contributed by atoms with van der Waals surface area (Å²) in [6, 6.07) is 5.48. The van der Waals surface area contributed by atoms with E-state index in [1.54, 1.807) is 30.1 Å². The van der Waals surface area contributed by atoms with E-state index in [-0.39, 0.29) is 5.97 Å². The van der Waals surface area contributed by atoms with Crippen molar-refractivity contribution in [3.05, 3.63) is 46.4 Å². The van der Waals surface area contributed by atoms with E-state index >= 15 is 0 Å². The first kappa shape index (κ1) is 12.3. The van der Waals surface area contributed by atoms with Crippen LogP contribution in [0.2, 0.25) is 0 Å². The number of rotatable bonds is 4. The molecule has 2 aromatic rings. The Kier molecular flexibility index (Phi) is 4.03. The van der Waals surface area contributed by atoms with Gasteiger partial charge in [-0.05, 0) is 17.5 Å². The van der Waals surface area contributed by atoms with Crippen LogP contribution >= 0.6 is 11.3 Å². The second kappa shape index (κ2) is 5.92. The molecule has 0 amide bonds. The van der Waals surface area contributed by atoms with Gasteiger partial charge in [0, 0.05) is 18.0 Å². The van der Waals surface area contributed by atoms with Crippen LogP contribution in [0.1, 0.15) is 15.2 Å². The van der Waals surface area contributed by atoms with Crippen LogP contribution in [-0.4, -0.2) is 24.3 Å². The summed E-state index contributed by atoms with van der Waals surface area (Å²) in [7, 11) is 1.35. The van der Waals surface area contributed by atoms with Crippen molar-refractivity contribution in [1.29, 1.82) is 0 Å². The van der Waals surface area contributed by atoms with E-state index in [0.29, 0.717) is 10.6 Å². The number of hydrazone groups is 1. The molecule has 0 fully saturated rings. The minimum absolute atomic E-state index is 0.371. The molecule has 0 aliphatic heterocycles. The molecular formula is C12H11N3O2S. The maximum Gasteiger partial charge on any atom is 0.350 e. The zero-order valence-corrected chi connectivity index (χ0v) is 10.5. The molecule has 0 atom stereocenters. The molecule has 6 heteroatoms. The lowest BCUT2D eigenvalue weighted by atomic mass is 10.3. The summed E-state index contributed by atoms with van der Waals surface area (Å²) in [4.78, 5) is 15.9. The highest BCUT2D eigenvalue weighted by atomic mass is 32.1. The van der Waals surface area contributed by atoms with E-state index < -0.39 is 0 Å². The van der Waals surface area contributed by atoms with Crippen molar-refractivity contribution in [3.63, 3.8) is 0 Å². The van der Waals surface area contributed by atoms with Gasteiger partial charge in [0.15, 0.2) is 0 Å². The highest BCUT2D eigenvalue weighted by molar-refractivity contribution is 7.12. The molecule has 0 unspecified atom stereocenters. The molecule has 0 aliphatic carbocycles. The summed E-state index contributed by atoms with van der Waals surface area (Å²) < 4.78 is 4.67. The number of thiophene rings is 1. The van der Waals surface area contributed by atoms with Gasteiger partial charge in [-0.3, -0.25) is 10.4 Å². The molecule has 0 aromatic carbocycles. The Bertz CT molecular complexity index is 551. The third kappa shape index (κ3) is 2.92. The first-order valence-electron chi connectivity index (χ1n) is 5.16. The predicted molar refractivity (Wildman–Crippen MR) is 71.1 cm³/mol. The summed E-state index contributed by atoms with van der Waals surface area (Å²) in [6.45, 7) is 0. The van der Waals surface area contributed by atoms with Crippen molar-refractivity contribution >= 4 is 29.2 Å². The number of methoxy groups -OCH3 is 1. The SMILES string of the molecule is COC(=O)c1sccc1N/N=C\c1cccnc1. The zero-order chi connectivity index (χ0) is 12.8. The number of ether oxygens (including phenoxy) is 1. The molecular weight excluding hydrogens is 250 g/mol. The van der Waals surface area contributed by atoms with Crippen molar-refractivity contribution in [2.24, 2.45) is 5.10 Å². The van der Waals surface area contributed by atoms with E-state index in [2.05, 4.69) is 20.2 Å². The van der Waals surface area contributed by atoms with E-state index in [1.165, 1.54) is 18.4 Å². The number of esters is 1. The first-order valence-corrected chi connectivity index (χ1v) is 6.04. The molecule has 92 valence electrons. The van der Waals surface area contributed by atoms with Gasteiger partial charge in [0.25, 0.3) is 0 Å². The van der Waals surface area contributed by atoms with Gasteiger partial charge < -0.3 is 4.74 Å². The Morgan fingerprint density at radius 2 is 2.44 bits per heavy atom. The Hall–Kier alpha value is -2.21. The second-order valence-electron chi connectivity index (χ2n) is 3.31. The number of anilines is 1. The van der Waals surface area contributed by atoms with Crippen LogP contribution in [0.15, 0.2) is 41.1 Å². The number of nitrogens with zero attached hydrogens (tertiary/aromatic N) is 2. The number of hydrogen-bond acceptors (Lipinski definition) is 6. The molecule has 0 spiro atoms. The van der Waals surface area contributed by atoms with Gasteiger partial charge in [0.05, 0.1) is 19.0 Å². The van der Waals surface area contributed by atoms with Crippen LogP contribution in [0.3, 0.4) is 0 Å². The Balaban J connectivity index is 2.05. The quantitative estimate of drug-likeness (QED) is 0.521. The average Bonchev–Trinajstić information content (AvgIpc) is 2.87. The molecule has 1 N–H and O–H groups in total. The maximum atomic E-state index is 11.4. The minimum Gasteiger partial charge on any atom is -0.465 e. The summed E-state index contributed by atoms with van der Waals surface area (Å²) in [5.41, 5.74) is 4.31. The third-order valence-corrected chi connectivity index (χ3v) is 3.01. The molecule has 0 saturated heterocycles. The molecule has 2 rings (SSSR count). The van der Waals surface area contributed by atoms with Gasteiger partial charge in [0.2, 0.25) is 0 Å². The summed E-state index contributed by atoms with van der Waals surface area (Å²) in [5, 5.41) is 5.85. The zero-order valence-electron chi connectivity index (χ0n) is 9.66. The molecule has 0 radical (unpaired) electrons. The van der Waals surface area contributed by atoms with Crippen LogP contribution in [0, 0.1) is 0 Å². The molecule has 0 saturated carbocycles. The van der Waals surface area contributed by atoms with Crippen molar-refractivity contribution in [1.82, 2.24) is 4.98 Å². The fourth-order valence-corrected chi connectivity index (χ4v) is 2.04. The van der Waals surface area contributed by atoms with Crippen molar-refractivity contribution < 1.29 is 9.53 Å². The normalized spacial score (nSPS) is 10.5. The highest BCUT2D eigenvalue weighted by Gasteiger charge is 2.12. The standard InChI is InChI=1S/C12H11N3O2S/c1-17-12(16)11-10(4-6-18-11)15-14-8-9-3-2-5-13-7-9/h2-8,15H,1H3/b14-8-. The van der Waals surface area contributed by atoms with Gasteiger partial charge >= 0.3 is 5.97 Å². The van der Waals surface area contributed by atoms with Gasteiger partial charge in [-0.25, -0.2) is 4.79 Å². The van der Waals surface area contributed by atoms with Gasteiger partial charge in [0.1, 0.15) is 4.88 Å². The van der Waals surface area contributed by atoms with Crippen LogP contribution in [-0.2, 0) is 4.74 Å². The fraction of sp³-hybridized carbons (Fsp3) is 0.0833. The molecule has 0 aliphatic rings. The predicted octanol–water partition coefficient (Wildman–Crippen LogP) is 2.38. The fourth-order valence-electron chi connectivity index (χ4n) is 1.28. The molecule has 2 heterocycles. The van der Waals surface area contributed by atoms with E-state index in [0.717, 1.165) is 5.56 Å². The van der Waals surface area contributed by atoms with Gasteiger partial charge in [-0.15, -0.1) is 11.3 Å². The lowest BCUT2D eigenvalue weighted by molar-refractivity contribution is 0.0607. The topological polar surface area (TPSA) is 63.6 Å². The highest BCUT2D eigenvalue weighted by Crippen LogP contribution is 2.22. The molecule has 2 aromatic heterocycles. The summed E-state index contributed by atoms with van der Waals surface area (Å²) >= 11 is 1.31. The van der Waals surface area contributed by atoms with Crippen LogP contribution in [0.4, 0.5) is 5.69 Å². The third-order valence-electron chi connectivity index (χ3n) is 2.12. The second-order valence-corrected chi connectivity index (χ2v) is 4.23. The Morgan fingerprint density at radius 1 is 1.56 bits per heavy atom. The number of carbonyl (C=O) groups excluding carboxylic acids is 1. The van der Waals surface area contributed by atoms with E-state index in [4.69, 9.17) is 0 Å². The number of pyridine rings is 1. The Labute approximate surface area is 108 Å². The van der Waals surface area contributed by atoms with Crippen molar-refractivity contribution in [2.75, 3.05) is 12.5 Å².